The van der Waals surface area contributed by atoms with Crippen molar-refractivity contribution in [2.24, 2.45) is 10.1 Å². The highest BCUT2D eigenvalue weighted by Crippen LogP contribution is 2.20. The summed E-state index contributed by atoms with van der Waals surface area (Å²) in [6.45, 7) is 0.657. The normalized spacial score (nSPS) is 14.1. The Morgan fingerprint density at radius 3 is 1.79 bits per heavy atom. The van der Waals surface area contributed by atoms with Gasteiger partial charge >= 0.3 is 0 Å². The van der Waals surface area contributed by atoms with Gasteiger partial charge in [0.15, 0.2) is 5.84 Å². The van der Waals surface area contributed by atoms with Crippen molar-refractivity contribution in [1.29, 1.82) is 0 Å². The molecule has 3 aromatic carbocycles. The van der Waals surface area contributed by atoms with Gasteiger partial charge in [0.05, 0.1) is 17.9 Å². The van der Waals surface area contributed by atoms with Crippen LogP contribution < -0.4 is 5.01 Å². The third-order valence-electron chi connectivity index (χ3n) is 3.95. The smallest absolute Gasteiger partial charge is 0.179 e. The van der Waals surface area contributed by atoms with E-state index in [2.05, 4.69) is 24.3 Å². The van der Waals surface area contributed by atoms with Gasteiger partial charge in [-0.3, -0.25) is 5.01 Å². The van der Waals surface area contributed by atoms with Gasteiger partial charge in [0.2, 0.25) is 0 Å². The fraction of sp³-hybridized carbons (Fsp3) is 0.0476. The fourth-order valence-corrected chi connectivity index (χ4v) is 2.72. The van der Waals surface area contributed by atoms with Crippen molar-refractivity contribution in [3.05, 3.63) is 102 Å². The standard InChI is InChI=1S/C21H17N3/c1-4-10-17(11-5-1)20-16-24(19-14-8-3-9-15-19)23-21(22-20)18-12-6-2-7-13-18/h1-15H,16H2. The van der Waals surface area contributed by atoms with Crippen molar-refractivity contribution in [3.63, 3.8) is 0 Å². The van der Waals surface area contributed by atoms with Gasteiger partial charge in [-0.15, -0.1) is 0 Å². The van der Waals surface area contributed by atoms with E-state index in [0.717, 1.165) is 28.4 Å². The quantitative estimate of drug-likeness (QED) is 0.706. The summed E-state index contributed by atoms with van der Waals surface area (Å²) in [5.74, 6) is 0.740. The first kappa shape index (κ1) is 14.4. The molecule has 0 N–H and O–H groups in total. The van der Waals surface area contributed by atoms with Crippen LogP contribution in [-0.4, -0.2) is 18.1 Å². The first-order valence-corrected chi connectivity index (χ1v) is 8.00. The van der Waals surface area contributed by atoms with E-state index in [0.29, 0.717) is 6.54 Å². The first-order chi connectivity index (χ1) is 11.9. The molecule has 1 aliphatic heterocycles. The number of rotatable bonds is 3. The zero-order valence-electron chi connectivity index (χ0n) is 13.2. The molecule has 0 saturated carbocycles. The van der Waals surface area contributed by atoms with Gasteiger partial charge in [0.1, 0.15) is 0 Å². The monoisotopic (exact) mass is 311 g/mol. The van der Waals surface area contributed by atoms with Crippen LogP contribution in [0.15, 0.2) is 101 Å². The SMILES string of the molecule is c1ccc(C2=NC(c3ccccc3)=NN(c3ccccc3)C2)cc1. The third kappa shape index (κ3) is 2.97. The molecular formula is C21H17N3. The Morgan fingerprint density at radius 2 is 1.17 bits per heavy atom. The van der Waals surface area contributed by atoms with Gasteiger partial charge in [0, 0.05) is 5.56 Å². The molecule has 24 heavy (non-hydrogen) atoms. The number of nitrogens with zero attached hydrogens (tertiary/aromatic N) is 3. The van der Waals surface area contributed by atoms with Crippen LogP contribution >= 0.6 is 0 Å². The van der Waals surface area contributed by atoms with Crippen LogP contribution in [-0.2, 0) is 0 Å². The van der Waals surface area contributed by atoms with E-state index in [1.54, 1.807) is 0 Å². The number of hydrogen-bond donors (Lipinski definition) is 0. The predicted octanol–water partition coefficient (Wildman–Crippen LogP) is 4.36. The second-order valence-electron chi connectivity index (χ2n) is 5.61. The number of hydrazone groups is 1. The highest BCUT2D eigenvalue weighted by molar-refractivity contribution is 6.15. The maximum absolute atomic E-state index is 4.82. The molecule has 1 aliphatic rings. The highest BCUT2D eigenvalue weighted by Gasteiger charge is 2.18. The molecule has 0 atom stereocenters. The predicted molar refractivity (Wildman–Crippen MR) is 99.7 cm³/mol. The largest absolute Gasteiger partial charge is 0.257 e. The van der Waals surface area contributed by atoms with E-state index in [9.17, 15) is 0 Å². The van der Waals surface area contributed by atoms with Crippen LogP contribution in [0.1, 0.15) is 11.1 Å². The third-order valence-corrected chi connectivity index (χ3v) is 3.95. The van der Waals surface area contributed by atoms with E-state index in [1.807, 2.05) is 71.7 Å². The van der Waals surface area contributed by atoms with Gasteiger partial charge < -0.3 is 0 Å². The van der Waals surface area contributed by atoms with E-state index in [1.165, 1.54) is 0 Å². The van der Waals surface area contributed by atoms with E-state index >= 15 is 0 Å². The maximum atomic E-state index is 4.82. The van der Waals surface area contributed by atoms with Crippen LogP contribution in [0, 0.1) is 0 Å². The lowest BCUT2D eigenvalue weighted by Crippen LogP contribution is -2.31. The van der Waals surface area contributed by atoms with Crippen LogP contribution in [0.3, 0.4) is 0 Å². The number of anilines is 1. The van der Waals surface area contributed by atoms with Gasteiger partial charge in [-0.2, -0.15) is 5.10 Å². The summed E-state index contributed by atoms with van der Waals surface area (Å²) in [6.07, 6.45) is 0. The summed E-state index contributed by atoms with van der Waals surface area (Å²) in [7, 11) is 0. The Labute approximate surface area is 141 Å². The minimum Gasteiger partial charge on any atom is -0.257 e. The van der Waals surface area contributed by atoms with Crippen LogP contribution in [0.25, 0.3) is 0 Å². The van der Waals surface area contributed by atoms with E-state index < -0.39 is 0 Å². The lowest BCUT2D eigenvalue weighted by atomic mass is 10.1. The molecule has 0 saturated heterocycles. The molecule has 0 radical (unpaired) electrons. The van der Waals surface area contributed by atoms with E-state index in [4.69, 9.17) is 10.1 Å². The summed E-state index contributed by atoms with van der Waals surface area (Å²) in [5.41, 5.74) is 4.23. The lowest BCUT2D eigenvalue weighted by molar-refractivity contribution is 0.942. The Kier molecular flexibility index (Phi) is 3.90. The molecule has 0 bridgehead atoms. The summed E-state index contributed by atoms with van der Waals surface area (Å²) < 4.78 is 0. The highest BCUT2D eigenvalue weighted by atomic mass is 15.5. The van der Waals surface area contributed by atoms with Gasteiger partial charge in [-0.05, 0) is 17.7 Å². The first-order valence-electron chi connectivity index (χ1n) is 8.00. The number of para-hydroxylation sites is 1. The summed E-state index contributed by atoms with van der Waals surface area (Å²) in [5, 5.41) is 6.77. The minimum atomic E-state index is 0.657. The van der Waals surface area contributed by atoms with Crippen molar-refractivity contribution in [2.45, 2.75) is 0 Å². The van der Waals surface area contributed by atoms with Crippen molar-refractivity contribution >= 4 is 17.2 Å². The van der Waals surface area contributed by atoms with Crippen LogP contribution in [0.4, 0.5) is 5.69 Å². The second kappa shape index (κ2) is 6.50. The van der Waals surface area contributed by atoms with Crippen LogP contribution in [0.5, 0.6) is 0 Å². The van der Waals surface area contributed by atoms with Gasteiger partial charge in [0.25, 0.3) is 0 Å². The molecule has 1 heterocycles. The topological polar surface area (TPSA) is 28.0 Å². The number of benzene rings is 3. The molecule has 0 unspecified atom stereocenters. The number of amidine groups is 1. The van der Waals surface area contributed by atoms with Crippen molar-refractivity contribution in [1.82, 2.24) is 0 Å². The molecule has 3 nitrogen and oxygen atoms in total. The van der Waals surface area contributed by atoms with Gasteiger partial charge in [-0.1, -0.05) is 78.9 Å². The summed E-state index contributed by atoms with van der Waals surface area (Å²) >= 11 is 0. The second-order valence-corrected chi connectivity index (χ2v) is 5.61. The Bertz CT molecular complexity index is 869. The zero-order valence-corrected chi connectivity index (χ0v) is 13.2. The molecular weight excluding hydrogens is 294 g/mol. The van der Waals surface area contributed by atoms with Crippen molar-refractivity contribution in [3.8, 4) is 0 Å². The van der Waals surface area contributed by atoms with Gasteiger partial charge in [-0.25, -0.2) is 4.99 Å². The van der Waals surface area contributed by atoms with Crippen LogP contribution in [0.2, 0.25) is 0 Å². The zero-order chi connectivity index (χ0) is 16.2. The Morgan fingerprint density at radius 1 is 0.625 bits per heavy atom. The minimum absolute atomic E-state index is 0.657. The molecule has 0 spiro atoms. The van der Waals surface area contributed by atoms with E-state index in [-0.39, 0.29) is 0 Å². The van der Waals surface area contributed by atoms with Crippen molar-refractivity contribution < 1.29 is 0 Å². The maximum Gasteiger partial charge on any atom is 0.179 e. The average Bonchev–Trinajstić information content (AvgIpc) is 2.70. The molecule has 0 amide bonds. The molecule has 0 fully saturated rings. The molecule has 0 aromatic heterocycles. The summed E-state index contributed by atoms with van der Waals surface area (Å²) in [4.78, 5) is 4.82. The summed E-state index contributed by atoms with van der Waals surface area (Å²) in [6, 6.07) is 30.6. The Hall–Kier alpha value is -3.20. The number of hydrogen-bond acceptors (Lipinski definition) is 3. The molecule has 0 aliphatic carbocycles. The molecule has 116 valence electrons. The number of aliphatic imine (C=N–C) groups is 1. The lowest BCUT2D eigenvalue weighted by Gasteiger charge is -2.25. The molecule has 3 heteroatoms. The Balaban J connectivity index is 1.79. The fourth-order valence-electron chi connectivity index (χ4n) is 2.72. The van der Waals surface area contributed by atoms with Crippen molar-refractivity contribution in [2.75, 3.05) is 11.6 Å². The molecule has 4 rings (SSSR count). The molecule has 3 aromatic rings. The average molecular weight is 311 g/mol.